The zero-order chi connectivity index (χ0) is 23.9. The lowest BCUT2D eigenvalue weighted by Crippen LogP contribution is -2.53. The fraction of sp³-hybridized carbons (Fsp3) is 0.417. The number of hydrogen-bond donors (Lipinski definition) is 1. The third-order valence-electron chi connectivity index (χ3n) is 4.63. The number of rotatable bonds is 9. The Labute approximate surface area is 213 Å². The van der Waals surface area contributed by atoms with Crippen molar-refractivity contribution in [3.8, 4) is 0 Å². The highest BCUT2D eigenvalue weighted by atomic mass is 79.9. The minimum Gasteiger partial charge on any atom is -0.350 e. The Morgan fingerprint density at radius 3 is 2.25 bits per heavy atom. The second-order valence-electron chi connectivity index (χ2n) is 8.55. The lowest BCUT2D eigenvalue weighted by molar-refractivity contribution is -0.140. The zero-order valence-electron chi connectivity index (χ0n) is 18.8. The van der Waals surface area contributed by atoms with Gasteiger partial charge in [-0.3, -0.25) is 9.59 Å². The Bertz CT molecular complexity index is 933. The van der Waals surface area contributed by atoms with Gasteiger partial charge in [-0.15, -0.1) is 11.8 Å². The average molecular weight is 560 g/mol. The van der Waals surface area contributed by atoms with E-state index in [-0.39, 0.29) is 29.7 Å². The van der Waals surface area contributed by atoms with E-state index in [1.54, 1.807) is 17.0 Å². The maximum Gasteiger partial charge on any atom is 0.243 e. The van der Waals surface area contributed by atoms with E-state index in [0.717, 1.165) is 15.6 Å². The highest BCUT2D eigenvalue weighted by Gasteiger charge is 2.30. The molecule has 0 heterocycles. The molecular weight excluding hydrogens is 531 g/mol. The van der Waals surface area contributed by atoms with E-state index in [2.05, 4.69) is 21.2 Å². The summed E-state index contributed by atoms with van der Waals surface area (Å²) in [7, 11) is 0. The van der Waals surface area contributed by atoms with Crippen LogP contribution in [0.5, 0.6) is 0 Å². The van der Waals surface area contributed by atoms with Gasteiger partial charge in [-0.1, -0.05) is 64.3 Å². The number of carbonyl (C=O) groups excluding carboxylic acids is 2. The highest BCUT2D eigenvalue weighted by molar-refractivity contribution is 9.10. The van der Waals surface area contributed by atoms with Crippen LogP contribution in [-0.2, 0) is 21.9 Å². The topological polar surface area (TPSA) is 49.4 Å². The number of carbonyl (C=O) groups is 2. The molecule has 2 rings (SSSR count). The summed E-state index contributed by atoms with van der Waals surface area (Å²) in [6, 6.07) is 12.7. The van der Waals surface area contributed by atoms with E-state index in [9.17, 15) is 9.59 Å². The zero-order valence-corrected chi connectivity index (χ0v) is 22.7. The van der Waals surface area contributed by atoms with Crippen LogP contribution in [-0.4, -0.2) is 34.0 Å². The van der Waals surface area contributed by atoms with Crippen molar-refractivity contribution < 1.29 is 9.59 Å². The van der Waals surface area contributed by atoms with E-state index in [1.807, 2.05) is 58.0 Å². The summed E-state index contributed by atoms with van der Waals surface area (Å²) < 4.78 is 1.02. The third-order valence-corrected chi connectivity index (χ3v) is 6.88. The van der Waals surface area contributed by atoms with Crippen LogP contribution in [0.25, 0.3) is 0 Å². The van der Waals surface area contributed by atoms with Gasteiger partial charge in [0.15, 0.2) is 0 Å². The molecule has 2 aromatic carbocycles. The largest absolute Gasteiger partial charge is 0.350 e. The lowest BCUT2D eigenvalue weighted by atomic mass is 10.1. The van der Waals surface area contributed by atoms with Gasteiger partial charge in [0.25, 0.3) is 0 Å². The number of nitrogens with zero attached hydrogens (tertiary/aromatic N) is 1. The molecule has 8 heteroatoms. The van der Waals surface area contributed by atoms with Gasteiger partial charge in [0, 0.05) is 22.3 Å². The van der Waals surface area contributed by atoms with Crippen LogP contribution in [0.2, 0.25) is 10.0 Å². The normalized spacial score (nSPS) is 12.3. The van der Waals surface area contributed by atoms with E-state index in [4.69, 9.17) is 23.2 Å². The quantitative estimate of drug-likeness (QED) is 0.371. The fourth-order valence-corrected chi connectivity index (χ4v) is 4.58. The summed E-state index contributed by atoms with van der Waals surface area (Å²) in [6.45, 7) is 7.98. The van der Waals surface area contributed by atoms with Crippen molar-refractivity contribution in [3.63, 3.8) is 0 Å². The molecule has 0 saturated heterocycles. The SMILES string of the molecule is CCC(C(=O)NC(C)(C)C)N(Cc1ccc(Cl)c(Cl)c1)C(=O)CSCc1ccc(Br)cc1. The molecule has 0 fully saturated rings. The van der Waals surface area contributed by atoms with Crippen molar-refractivity contribution in [1.29, 1.82) is 0 Å². The lowest BCUT2D eigenvalue weighted by Gasteiger charge is -2.33. The third kappa shape index (κ3) is 8.62. The highest BCUT2D eigenvalue weighted by Crippen LogP contribution is 2.25. The molecule has 1 atom stereocenters. The van der Waals surface area contributed by atoms with Crippen molar-refractivity contribution in [2.75, 3.05) is 5.75 Å². The van der Waals surface area contributed by atoms with Gasteiger partial charge in [-0.25, -0.2) is 0 Å². The first-order chi connectivity index (χ1) is 15.0. The van der Waals surface area contributed by atoms with Crippen LogP contribution in [0.15, 0.2) is 46.9 Å². The van der Waals surface area contributed by atoms with Crippen LogP contribution in [0.3, 0.4) is 0 Å². The smallest absolute Gasteiger partial charge is 0.243 e. The Kier molecular flexibility index (Phi) is 10.4. The molecule has 4 nitrogen and oxygen atoms in total. The van der Waals surface area contributed by atoms with Crippen LogP contribution < -0.4 is 5.32 Å². The van der Waals surface area contributed by atoms with Gasteiger partial charge < -0.3 is 10.2 Å². The second-order valence-corrected chi connectivity index (χ2v) is 11.3. The van der Waals surface area contributed by atoms with E-state index >= 15 is 0 Å². The Balaban J connectivity index is 2.18. The number of halogens is 3. The van der Waals surface area contributed by atoms with Crippen molar-refractivity contribution in [2.45, 2.75) is 58.0 Å². The number of thioether (sulfide) groups is 1. The molecule has 0 aliphatic carbocycles. The molecule has 0 spiro atoms. The molecule has 174 valence electrons. The summed E-state index contributed by atoms with van der Waals surface area (Å²) in [5.74, 6) is 0.738. The van der Waals surface area contributed by atoms with Crippen LogP contribution in [0.1, 0.15) is 45.2 Å². The molecule has 1 N–H and O–H groups in total. The molecule has 0 bridgehead atoms. The van der Waals surface area contributed by atoms with E-state index in [0.29, 0.717) is 22.2 Å². The predicted molar refractivity (Wildman–Crippen MR) is 139 cm³/mol. The molecule has 32 heavy (non-hydrogen) atoms. The number of nitrogens with one attached hydrogen (secondary N) is 1. The molecule has 0 aromatic heterocycles. The van der Waals surface area contributed by atoms with Gasteiger partial charge >= 0.3 is 0 Å². The minimum atomic E-state index is -0.579. The molecule has 2 aromatic rings. The summed E-state index contributed by atoms with van der Waals surface area (Å²) in [5.41, 5.74) is 1.58. The van der Waals surface area contributed by atoms with Crippen molar-refractivity contribution in [2.24, 2.45) is 0 Å². The van der Waals surface area contributed by atoms with Gasteiger partial charge in [0.1, 0.15) is 6.04 Å². The standard InChI is InChI=1S/C24H29BrCl2N2O2S/c1-5-21(23(31)28-24(2,3)4)29(13-17-8-11-19(26)20(27)12-17)22(30)15-32-14-16-6-9-18(25)10-7-16/h6-12,21H,5,13-15H2,1-4H3,(H,28,31). The first-order valence-electron chi connectivity index (χ1n) is 10.4. The summed E-state index contributed by atoms with van der Waals surface area (Å²) in [6.07, 6.45) is 0.506. The van der Waals surface area contributed by atoms with Crippen LogP contribution >= 0.6 is 50.9 Å². The predicted octanol–water partition coefficient (Wildman–Crippen LogP) is 6.71. The molecule has 0 aliphatic rings. The first-order valence-corrected chi connectivity index (χ1v) is 13.1. The first kappa shape index (κ1) is 27.0. The molecule has 0 radical (unpaired) electrons. The van der Waals surface area contributed by atoms with Crippen LogP contribution in [0, 0.1) is 0 Å². The van der Waals surface area contributed by atoms with Gasteiger partial charge in [0.05, 0.1) is 15.8 Å². The molecular formula is C24H29BrCl2N2O2S. The van der Waals surface area contributed by atoms with Crippen molar-refractivity contribution >= 4 is 62.7 Å². The number of benzene rings is 2. The summed E-state index contributed by atoms with van der Waals surface area (Å²) in [4.78, 5) is 27.9. The molecule has 0 aliphatic heterocycles. The summed E-state index contributed by atoms with van der Waals surface area (Å²) >= 11 is 17.2. The second kappa shape index (κ2) is 12.3. The summed E-state index contributed by atoms with van der Waals surface area (Å²) in [5, 5.41) is 3.89. The minimum absolute atomic E-state index is 0.0888. The van der Waals surface area contributed by atoms with Crippen LogP contribution in [0.4, 0.5) is 0 Å². The van der Waals surface area contributed by atoms with E-state index in [1.165, 1.54) is 11.8 Å². The fourth-order valence-electron chi connectivity index (χ4n) is 3.13. The molecule has 0 saturated carbocycles. The Morgan fingerprint density at radius 1 is 1.06 bits per heavy atom. The molecule has 1 unspecified atom stereocenters. The van der Waals surface area contributed by atoms with Gasteiger partial charge in [-0.05, 0) is 62.6 Å². The molecule has 2 amide bonds. The Hall–Kier alpha value is -1.21. The average Bonchev–Trinajstić information content (AvgIpc) is 2.70. The van der Waals surface area contributed by atoms with Gasteiger partial charge in [0.2, 0.25) is 11.8 Å². The number of amides is 2. The number of hydrogen-bond acceptors (Lipinski definition) is 3. The monoisotopic (exact) mass is 558 g/mol. The Morgan fingerprint density at radius 2 is 1.69 bits per heavy atom. The van der Waals surface area contributed by atoms with Gasteiger partial charge in [-0.2, -0.15) is 0 Å². The van der Waals surface area contributed by atoms with E-state index < -0.39 is 6.04 Å². The maximum atomic E-state index is 13.3. The maximum absolute atomic E-state index is 13.3. The van der Waals surface area contributed by atoms with Crippen molar-refractivity contribution in [1.82, 2.24) is 10.2 Å². The van der Waals surface area contributed by atoms with Crippen molar-refractivity contribution in [3.05, 3.63) is 68.1 Å².